The quantitative estimate of drug-likeness (QED) is 0.618. The summed E-state index contributed by atoms with van der Waals surface area (Å²) in [4.78, 5) is 24.3. The van der Waals surface area contributed by atoms with Crippen molar-refractivity contribution in [1.82, 2.24) is 9.38 Å². The largest absolute Gasteiger partial charge is 0.337 e. The van der Waals surface area contributed by atoms with Gasteiger partial charge in [0.1, 0.15) is 5.65 Å². The van der Waals surface area contributed by atoms with Gasteiger partial charge in [0.2, 0.25) is 0 Å². The summed E-state index contributed by atoms with van der Waals surface area (Å²) in [5, 5.41) is 0. The number of aromatic amines is 1. The van der Waals surface area contributed by atoms with Gasteiger partial charge < -0.3 is 4.98 Å². The van der Waals surface area contributed by atoms with Crippen molar-refractivity contribution in [2.45, 2.75) is 0 Å². The number of aldehydes is 1. The molecular formula is C8H6N2O2. The van der Waals surface area contributed by atoms with Gasteiger partial charge in [-0.1, -0.05) is 6.07 Å². The molecule has 0 bridgehead atoms. The van der Waals surface area contributed by atoms with E-state index in [9.17, 15) is 9.59 Å². The number of imidazole rings is 1. The lowest BCUT2D eigenvalue weighted by atomic mass is 10.5. The summed E-state index contributed by atoms with van der Waals surface area (Å²) in [7, 11) is 0. The van der Waals surface area contributed by atoms with Crippen LogP contribution in [0.1, 0.15) is 10.5 Å². The molecule has 0 aliphatic heterocycles. The van der Waals surface area contributed by atoms with Gasteiger partial charge in [0.25, 0.3) is 5.56 Å². The molecule has 12 heavy (non-hydrogen) atoms. The molecule has 0 aromatic carbocycles. The van der Waals surface area contributed by atoms with Crippen LogP contribution in [-0.2, 0) is 0 Å². The lowest BCUT2D eigenvalue weighted by Crippen LogP contribution is -2.08. The van der Waals surface area contributed by atoms with Gasteiger partial charge in [0.15, 0.2) is 6.29 Å². The number of carbonyl (C=O) groups is 1. The highest BCUT2D eigenvalue weighted by Gasteiger charge is 1.98. The fourth-order valence-electron chi connectivity index (χ4n) is 1.12. The standard InChI is InChI=1S/C8H6N2O2/c11-5-6-4-10-7(9-6)2-1-3-8(10)12/h1-5,9H. The van der Waals surface area contributed by atoms with Crippen LogP contribution in [0, 0.1) is 0 Å². The van der Waals surface area contributed by atoms with Crippen LogP contribution in [-0.4, -0.2) is 15.7 Å². The van der Waals surface area contributed by atoms with E-state index in [1.807, 2.05) is 0 Å². The van der Waals surface area contributed by atoms with E-state index in [-0.39, 0.29) is 5.56 Å². The van der Waals surface area contributed by atoms with Crippen LogP contribution in [0.5, 0.6) is 0 Å². The maximum atomic E-state index is 11.1. The highest BCUT2D eigenvalue weighted by molar-refractivity contribution is 5.73. The number of rotatable bonds is 1. The van der Waals surface area contributed by atoms with Crippen LogP contribution in [0.15, 0.2) is 29.2 Å². The van der Waals surface area contributed by atoms with Crippen molar-refractivity contribution in [3.05, 3.63) is 40.4 Å². The van der Waals surface area contributed by atoms with Crippen molar-refractivity contribution in [3.63, 3.8) is 0 Å². The number of hydrogen-bond acceptors (Lipinski definition) is 2. The van der Waals surface area contributed by atoms with Crippen LogP contribution in [0.25, 0.3) is 5.65 Å². The van der Waals surface area contributed by atoms with E-state index in [4.69, 9.17) is 0 Å². The predicted octanol–water partition coefficient (Wildman–Crippen LogP) is 0.440. The molecule has 0 saturated carbocycles. The smallest absolute Gasteiger partial charge is 0.256 e. The summed E-state index contributed by atoms with van der Waals surface area (Å²) in [6.07, 6.45) is 2.15. The van der Waals surface area contributed by atoms with Gasteiger partial charge >= 0.3 is 0 Å². The summed E-state index contributed by atoms with van der Waals surface area (Å²) in [6, 6.07) is 4.81. The van der Waals surface area contributed by atoms with Crippen molar-refractivity contribution >= 4 is 11.9 Å². The molecule has 0 radical (unpaired) electrons. The van der Waals surface area contributed by atoms with Crippen LogP contribution in [0.2, 0.25) is 0 Å². The molecule has 2 rings (SSSR count). The average molecular weight is 162 g/mol. The number of fused-ring (bicyclic) bond motifs is 1. The minimum Gasteiger partial charge on any atom is -0.337 e. The van der Waals surface area contributed by atoms with Crippen molar-refractivity contribution < 1.29 is 4.79 Å². The van der Waals surface area contributed by atoms with Crippen LogP contribution in [0.3, 0.4) is 0 Å². The topological polar surface area (TPSA) is 54.3 Å². The summed E-state index contributed by atoms with van der Waals surface area (Å²) in [6.45, 7) is 0. The van der Waals surface area contributed by atoms with Gasteiger partial charge in [-0.15, -0.1) is 0 Å². The maximum Gasteiger partial charge on any atom is 0.256 e. The monoisotopic (exact) mass is 162 g/mol. The molecule has 0 spiro atoms. The van der Waals surface area contributed by atoms with Crippen molar-refractivity contribution in [1.29, 1.82) is 0 Å². The lowest BCUT2D eigenvalue weighted by Gasteiger charge is -1.86. The Balaban J connectivity index is 2.92. The molecule has 0 saturated heterocycles. The minimum atomic E-state index is -0.142. The normalized spacial score (nSPS) is 10.3. The Morgan fingerprint density at radius 2 is 2.25 bits per heavy atom. The first-order chi connectivity index (χ1) is 5.81. The van der Waals surface area contributed by atoms with Gasteiger partial charge in [-0.2, -0.15) is 0 Å². The van der Waals surface area contributed by atoms with E-state index in [1.54, 1.807) is 12.1 Å². The van der Waals surface area contributed by atoms with E-state index in [2.05, 4.69) is 4.98 Å². The molecule has 4 nitrogen and oxygen atoms in total. The highest BCUT2D eigenvalue weighted by Crippen LogP contribution is 1.98. The average Bonchev–Trinajstić information content (AvgIpc) is 2.49. The highest BCUT2D eigenvalue weighted by atomic mass is 16.1. The Labute approximate surface area is 67.5 Å². The number of pyridine rings is 1. The second-order valence-electron chi connectivity index (χ2n) is 2.45. The Morgan fingerprint density at radius 1 is 1.42 bits per heavy atom. The van der Waals surface area contributed by atoms with E-state index in [0.29, 0.717) is 17.6 Å². The van der Waals surface area contributed by atoms with Crippen LogP contribution < -0.4 is 5.56 Å². The zero-order valence-electron chi connectivity index (χ0n) is 6.15. The fourth-order valence-corrected chi connectivity index (χ4v) is 1.12. The Hall–Kier alpha value is -1.84. The molecule has 0 aliphatic carbocycles. The zero-order chi connectivity index (χ0) is 8.55. The molecule has 0 atom stereocenters. The second kappa shape index (κ2) is 2.34. The number of carbonyl (C=O) groups excluding carboxylic acids is 1. The lowest BCUT2D eigenvalue weighted by molar-refractivity contribution is 0.111. The Kier molecular flexibility index (Phi) is 1.33. The number of hydrogen-bond donors (Lipinski definition) is 1. The third kappa shape index (κ3) is 0.852. The second-order valence-corrected chi connectivity index (χ2v) is 2.45. The first-order valence-electron chi connectivity index (χ1n) is 3.47. The number of H-pyrrole nitrogens is 1. The molecule has 2 heterocycles. The number of aromatic nitrogens is 2. The SMILES string of the molecule is O=Cc1cn2c(=O)cccc2[nH]1. The van der Waals surface area contributed by atoms with Gasteiger partial charge in [0.05, 0.1) is 5.69 Å². The molecule has 60 valence electrons. The van der Waals surface area contributed by atoms with E-state index in [0.717, 1.165) is 0 Å². The molecule has 0 unspecified atom stereocenters. The van der Waals surface area contributed by atoms with E-state index >= 15 is 0 Å². The molecule has 0 amide bonds. The fraction of sp³-hybridized carbons (Fsp3) is 0. The minimum absolute atomic E-state index is 0.142. The maximum absolute atomic E-state index is 11.1. The molecule has 1 N–H and O–H groups in total. The summed E-state index contributed by atoms with van der Waals surface area (Å²) < 4.78 is 1.39. The van der Waals surface area contributed by atoms with Crippen LogP contribution in [0.4, 0.5) is 0 Å². The molecule has 2 aromatic rings. The van der Waals surface area contributed by atoms with Gasteiger partial charge in [-0.05, 0) is 6.07 Å². The van der Waals surface area contributed by atoms with Gasteiger partial charge in [-0.25, -0.2) is 0 Å². The molecule has 4 heteroatoms. The summed E-state index contributed by atoms with van der Waals surface area (Å²) >= 11 is 0. The first-order valence-corrected chi connectivity index (χ1v) is 3.47. The number of nitrogens with one attached hydrogen (secondary N) is 1. The molecule has 2 aromatic heterocycles. The third-order valence-electron chi connectivity index (χ3n) is 1.66. The molecule has 0 aliphatic rings. The number of nitrogens with zero attached hydrogens (tertiary/aromatic N) is 1. The summed E-state index contributed by atoms with van der Waals surface area (Å²) in [5.41, 5.74) is 0.889. The molecular weight excluding hydrogens is 156 g/mol. The Bertz CT molecular complexity index is 481. The van der Waals surface area contributed by atoms with Gasteiger partial charge in [-0.3, -0.25) is 14.0 Å². The molecule has 0 fully saturated rings. The predicted molar refractivity (Wildman–Crippen MR) is 43.4 cm³/mol. The first kappa shape index (κ1) is 6.84. The summed E-state index contributed by atoms with van der Waals surface area (Å²) in [5.74, 6) is 0. The zero-order valence-corrected chi connectivity index (χ0v) is 6.15. The van der Waals surface area contributed by atoms with Gasteiger partial charge in [0, 0.05) is 12.3 Å². The van der Waals surface area contributed by atoms with Crippen molar-refractivity contribution in [2.24, 2.45) is 0 Å². The van der Waals surface area contributed by atoms with Crippen LogP contribution >= 0.6 is 0 Å². The van der Waals surface area contributed by atoms with E-state index in [1.165, 1.54) is 16.7 Å². The Morgan fingerprint density at radius 3 is 2.92 bits per heavy atom. The van der Waals surface area contributed by atoms with E-state index < -0.39 is 0 Å². The van der Waals surface area contributed by atoms with Crippen molar-refractivity contribution in [3.8, 4) is 0 Å². The van der Waals surface area contributed by atoms with Crippen molar-refractivity contribution in [2.75, 3.05) is 0 Å². The third-order valence-corrected chi connectivity index (χ3v) is 1.66.